The monoisotopic (exact) mass is 320 g/mol. The van der Waals surface area contributed by atoms with Gasteiger partial charge in [0, 0.05) is 17.9 Å². The van der Waals surface area contributed by atoms with Crippen LogP contribution in [0.3, 0.4) is 0 Å². The molecule has 1 heterocycles. The van der Waals surface area contributed by atoms with E-state index in [1.807, 2.05) is 6.92 Å². The maximum atomic E-state index is 12.3. The zero-order valence-electron chi connectivity index (χ0n) is 13.0. The van der Waals surface area contributed by atoms with E-state index in [4.69, 9.17) is 14.2 Å². The van der Waals surface area contributed by atoms with Gasteiger partial charge in [-0.05, 0) is 32.6 Å². The molecule has 0 radical (unpaired) electrons. The summed E-state index contributed by atoms with van der Waals surface area (Å²) < 4.78 is 16.4. The molecule has 0 N–H and O–H groups in total. The minimum atomic E-state index is -0.654. The lowest BCUT2D eigenvalue weighted by atomic mass is 9.78. The molecule has 23 heavy (non-hydrogen) atoms. The molecule has 0 amide bonds. The molecule has 6 heteroatoms. The number of carbonyl (C=O) groups is 3. The van der Waals surface area contributed by atoms with E-state index in [9.17, 15) is 14.4 Å². The minimum absolute atomic E-state index is 0.00801. The van der Waals surface area contributed by atoms with E-state index in [0.29, 0.717) is 12.8 Å². The average molecular weight is 320 g/mol. The minimum Gasteiger partial charge on any atom is -0.459 e. The molecule has 0 aromatic rings. The Morgan fingerprint density at radius 2 is 2.00 bits per heavy atom. The summed E-state index contributed by atoms with van der Waals surface area (Å²) >= 11 is 0. The van der Waals surface area contributed by atoms with E-state index in [-0.39, 0.29) is 47.8 Å². The second kappa shape index (κ2) is 4.82. The first kappa shape index (κ1) is 14.7. The number of hydrogen-bond donors (Lipinski definition) is 0. The van der Waals surface area contributed by atoms with Crippen molar-refractivity contribution in [2.24, 2.45) is 23.7 Å². The summed E-state index contributed by atoms with van der Waals surface area (Å²) in [5.74, 6) is -0.723. The summed E-state index contributed by atoms with van der Waals surface area (Å²) in [4.78, 5) is 35.3. The first-order valence-electron chi connectivity index (χ1n) is 8.18. The molecule has 3 aliphatic carbocycles. The molecule has 3 saturated carbocycles. The molecule has 0 spiro atoms. The van der Waals surface area contributed by atoms with Crippen molar-refractivity contribution in [3.8, 4) is 0 Å². The fourth-order valence-electron chi connectivity index (χ4n) is 4.82. The molecule has 5 unspecified atom stereocenters. The van der Waals surface area contributed by atoms with Crippen LogP contribution < -0.4 is 0 Å². The number of rotatable bonds is 4. The van der Waals surface area contributed by atoms with E-state index in [0.717, 1.165) is 18.9 Å². The molecule has 5 atom stereocenters. The van der Waals surface area contributed by atoms with Crippen molar-refractivity contribution in [2.45, 2.75) is 50.4 Å². The van der Waals surface area contributed by atoms with Crippen LogP contribution in [-0.2, 0) is 28.6 Å². The normalized spacial score (nSPS) is 46.0. The largest absolute Gasteiger partial charge is 0.459 e. The standard InChI is InChI=1S/C17H20O6/c1-3-13(18)21-10-4-9(5-10)15(19)22-14-8-6-11-12(7-8)17(14,2)23-16(11)20/h3,8-12,14H,1,4-7H2,2H3. The van der Waals surface area contributed by atoms with Crippen LogP contribution in [0.25, 0.3) is 0 Å². The third kappa shape index (κ3) is 2.03. The van der Waals surface area contributed by atoms with Crippen molar-refractivity contribution in [1.29, 1.82) is 0 Å². The van der Waals surface area contributed by atoms with Crippen molar-refractivity contribution in [3.05, 3.63) is 12.7 Å². The van der Waals surface area contributed by atoms with Crippen molar-refractivity contribution in [1.82, 2.24) is 0 Å². The van der Waals surface area contributed by atoms with Gasteiger partial charge in [-0.15, -0.1) is 0 Å². The quantitative estimate of drug-likeness (QED) is 0.442. The lowest BCUT2D eigenvalue weighted by Gasteiger charge is -2.37. The van der Waals surface area contributed by atoms with Gasteiger partial charge >= 0.3 is 17.9 Å². The first-order chi connectivity index (χ1) is 10.9. The fourth-order valence-corrected chi connectivity index (χ4v) is 4.82. The van der Waals surface area contributed by atoms with Gasteiger partial charge in [0.1, 0.15) is 17.8 Å². The third-order valence-electron chi connectivity index (χ3n) is 6.07. The molecule has 6 nitrogen and oxygen atoms in total. The van der Waals surface area contributed by atoms with Crippen molar-refractivity contribution in [2.75, 3.05) is 0 Å². The molecule has 0 aromatic heterocycles. The molecule has 4 aliphatic rings. The average Bonchev–Trinajstić information content (AvgIpc) is 3.05. The molecular weight excluding hydrogens is 300 g/mol. The number of ether oxygens (including phenoxy) is 3. The number of fused-ring (bicyclic) bond motifs is 1. The van der Waals surface area contributed by atoms with Crippen molar-refractivity contribution >= 4 is 17.9 Å². The van der Waals surface area contributed by atoms with Crippen molar-refractivity contribution < 1.29 is 28.6 Å². The third-order valence-corrected chi connectivity index (χ3v) is 6.07. The predicted molar refractivity (Wildman–Crippen MR) is 76.9 cm³/mol. The Kier molecular flexibility index (Phi) is 3.09. The van der Waals surface area contributed by atoms with Crippen LogP contribution in [0, 0.1) is 23.7 Å². The summed E-state index contributed by atoms with van der Waals surface area (Å²) in [5, 5.41) is 0. The zero-order valence-corrected chi connectivity index (χ0v) is 13.0. The Bertz CT molecular complexity index is 592. The predicted octanol–water partition coefficient (Wildman–Crippen LogP) is 1.38. The van der Waals surface area contributed by atoms with Crippen molar-refractivity contribution in [3.63, 3.8) is 0 Å². The van der Waals surface area contributed by atoms with Crippen LogP contribution in [0.2, 0.25) is 0 Å². The number of hydrogen-bond acceptors (Lipinski definition) is 6. The van der Waals surface area contributed by atoms with Gasteiger partial charge in [-0.3, -0.25) is 9.59 Å². The van der Waals surface area contributed by atoms with Gasteiger partial charge in [0.2, 0.25) is 0 Å². The van der Waals surface area contributed by atoms with Crippen LogP contribution in [0.15, 0.2) is 12.7 Å². The lowest BCUT2D eigenvalue weighted by molar-refractivity contribution is -0.184. The Morgan fingerprint density at radius 1 is 1.26 bits per heavy atom. The van der Waals surface area contributed by atoms with Crippen LogP contribution in [0.1, 0.15) is 32.6 Å². The molecule has 4 rings (SSSR count). The van der Waals surface area contributed by atoms with Crippen LogP contribution in [-0.4, -0.2) is 35.7 Å². The lowest BCUT2D eigenvalue weighted by Crippen LogP contribution is -2.48. The molecule has 1 saturated heterocycles. The van der Waals surface area contributed by atoms with E-state index in [1.54, 1.807) is 0 Å². The van der Waals surface area contributed by atoms with Gasteiger partial charge in [-0.25, -0.2) is 4.79 Å². The summed E-state index contributed by atoms with van der Waals surface area (Å²) in [6.45, 7) is 5.24. The van der Waals surface area contributed by atoms with Crippen LogP contribution in [0.5, 0.6) is 0 Å². The highest BCUT2D eigenvalue weighted by atomic mass is 16.6. The molecule has 2 bridgehead atoms. The molecular formula is C17H20O6. The molecule has 0 aromatic carbocycles. The molecule has 124 valence electrons. The second-order valence-electron chi connectivity index (χ2n) is 7.34. The van der Waals surface area contributed by atoms with E-state index < -0.39 is 11.6 Å². The Labute approximate surface area is 134 Å². The summed E-state index contributed by atoms with van der Waals surface area (Å²) in [6.07, 6.45) is 3.18. The van der Waals surface area contributed by atoms with Gasteiger partial charge in [-0.1, -0.05) is 6.58 Å². The Morgan fingerprint density at radius 3 is 2.70 bits per heavy atom. The highest BCUT2D eigenvalue weighted by Gasteiger charge is 2.70. The van der Waals surface area contributed by atoms with Gasteiger partial charge < -0.3 is 14.2 Å². The fraction of sp³-hybridized carbons (Fsp3) is 0.706. The summed E-state index contributed by atoms with van der Waals surface area (Å²) in [5.41, 5.74) is -0.654. The number of carbonyl (C=O) groups excluding carboxylic acids is 3. The van der Waals surface area contributed by atoms with E-state index in [1.165, 1.54) is 0 Å². The molecule has 4 fully saturated rings. The van der Waals surface area contributed by atoms with Gasteiger partial charge in [0.15, 0.2) is 0 Å². The summed E-state index contributed by atoms with van der Waals surface area (Å²) in [7, 11) is 0. The zero-order chi connectivity index (χ0) is 16.4. The summed E-state index contributed by atoms with van der Waals surface area (Å²) in [6, 6.07) is 0. The SMILES string of the molecule is C=CC(=O)OC1CC(C(=O)OC2C3CC4C(=O)OC2(C)C4C3)C1. The smallest absolute Gasteiger partial charge is 0.330 e. The van der Waals surface area contributed by atoms with E-state index >= 15 is 0 Å². The topological polar surface area (TPSA) is 78.9 Å². The van der Waals surface area contributed by atoms with Crippen LogP contribution in [0.4, 0.5) is 0 Å². The highest BCUT2D eigenvalue weighted by molar-refractivity contribution is 5.82. The van der Waals surface area contributed by atoms with Crippen LogP contribution >= 0.6 is 0 Å². The maximum Gasteiger partial charge on any atom is 0.330 e. The Balaban J connectivity index is 1.35. The van der Waals surface area contributed by atoms with E-state index in [2.05, 4.69) is 6.58 Å². The second-order valence-corrected chi connectivity index (χ2v) is 7.34. The highest BCUT2D eigenvalue weighted by Crippen LogP contribution is 2.61. The van der Waals surface area contributed by atoms with Gasteiger partial charge in [0.25, 0.3) is 0 Å². The van der Waals surface area contributed by atoms with Gasteiger partial charge in [0.05, 0.1) is 11.8 Å². The maximum absolute atomic E-state index is 12.3. The van der Waals surface area contributed by atoms with Gasteiger partial charge in [-0.2, -0.15) is 0 Å². The first-order valence-corrected chi connectivity index (χ1v) is 8.18. The molecule has 1 aliphatic heterocycles. The Hall–Kier alpha value is -1.85. The number of esters is 3.